The third-order valence-electron chi connectivity index (χ3n) is 7.88. The number of aryl methyl sites for hydroxylation is 2. The molecule has 0 bridgehead atoms. The number of carbonyl (C=O) groups is 2. The molecule has 2 amide bonds. The molecule has 0 spiro atoms. The van der Waals surface area contributed by atoms with Gasteiger partial charge in [-0.2, -0.15) is 0 Å². The summed E-state index contributed by atoms with van der Waals surface area (Å²) in [5.74, 6) is -0.639. The molecule has 1 aliphatic carbocycles. The molecule has 0 radical (unpaired) electrons. The first-order chi connectivity index (χ1) is 19.6. The maximum absolute atomic E-state index is 14.2. The van der Waals surface area contributed by atoms with E-state index in [2.05, 4.69) is 5.32 Å². The van der Waals surface area contributed by atoms with Gasteiger partial charge < -0.3 is 10.2 Å². The van der Waals surface area contributed by atoms with Crippen molar-refractivity contribution in [2.24, 2.45) is 0 Å². The van der Waals surface area contributed by atoms with Crippen molar-refractivity contribution >= 4 is 27.5 Å². The van der Waals surface area contributed by atoms with E-state index in [0.29, 0.717) is 12.1 Å². The molecule has 1 saturated carbocycles. The lowest BCUT2D eigenvalue weighted by atomic mass is 9.94. The number of nitrogens with one attached hydrogen (secondary N) is 1. The molecular weight excluding hydrogens is 534 g/mol. The van der Waals surface area contributed by atoms with Gasteiger partial charge in [0.15, 0.2) is 0 Å². The van der Waals surface area contributed by atoms with Crippen molar-refractivity contribution in [3.63, 3.8) is 0 Å². The zero-order valence-corrected chi connectivity index (χ0v) is 25.1. The Kier molecular flexibility index (Phi) is 10.2. The second kappa shape index (κ2) is 13.8. The van der Waals surface area contributed by atoms with Crippen LogP contribution in [-0.2, 0) is 32.6 Å². The minimum atomic E-state index is -3.79. The van der Waals surface area contributed by atoms with Gasteiger partial charge in [-0.1, -0.05) is 86.0 Å². The summed E-state index contributed by atoms with van der Waals surface area (Å²) in [5, 5.41) is 3.22. The standard InChI is InChI=1S/C33H41N3O4S/c1-25-19-20-30(21-26(25)2)36(41(3,39)40)24-32(37)35(23-28-15-9-5-10-16-28)31(22-27-13-7-4-8-14-27)33(38)34-29-17-11-6-12-18-29/h4-5,7-10,13-16,19-21,29,31H,6,11-12,17-18,22-24H2,1-3H3,(H,34,38)/t31-/m0/s1. The molecule has 8 heteroatoms. The molecule has 41 heavy (non-hydrogen) atoms. The van der Waals surface area contributed by atoms with Gasteiger partial charge in [-0.05, 0) is 61.1 Å². The van der Waals surface area contributed by atoms with Gasteiger partial charge in [-0.25, -0.2) is 8.42 Å². The number of amides is 2. The lowest BCUT2D eigenvalue weighted by Crippen LogP contribution is -2.55. The van der Waals surface area contributed by atoms with Gasteiger partial charge in [-0.3, -0.25) is 13.9 Å². The average molecular weight is 576 g/mol. The van der Waals surface area contributed by atoms with Crippen molar-refractivity contribution in [2.45, 2.75) is 71.0 Å². The lowest BCUT2D eigenvalue weighted by Gasteiger charge is -2.35. The average Bonchev–Trinajstić information content (AvgIpc) is 2.96. The summed E-state index contributed by atoms with van der Waals surface area (Å²) in [6, 6.07) is 23.8. The third kappa shape index (κ3) is 8.43. The number of hydrogen-bond acceptors (Lipinski definition) is 4. The second-order valence-electron chi connectivity index (χ2n) is 11.1. The molecular formula is C33H41N3O4S. The molecule has 1 N–H and O–H groups in total. The van der Waals surface area contributed by atoms with E-state index >= 15 is 0 Å². The maximum Gasteiger partial charge on any atom is 0.244 e. The van der Waals surface area contributed by atoms with Crippen LogP contribution in [0.3, 0.4) is 0 Å². The molecule has 0 aliphatic heterocycles. The highest BCUT2D eigenvalue weighted by molar-refractivity contribution is 7.92. The van der Waals surface area contributed by atoms with E-state index in [0.717, 1.165) is 64.9 Å². The first-order valence-electron chi connectivity index (χ1n) is 14.3. The molecule has 218 valence electrons. The van der Waals surface area contributed by atoms with Crippen LogP contribution in [-0.4, -0.2) is 50.0 Å². The highest BCUT2D eigenvalue weighted by atomic mass is 32.2. The molecule has 0 heterocycles. The van der Waals surface area contributed by atoms with Crippen LogP contribution in [0.2, 0.25) is 0 Å². The van der Waals surface area contributed by atoms with Crippen LogP contribution in [0.15, 0.2) is 78.9 Å². The van der Waals surface area contributed by atoms with Gasteiger partial charge in [0.25, 0.3) is 0 Å². The normalized spacial score (nSPS) is 14.7. The summed E-state index contributed by atoms with van der Waals surface area (Å²) in [7, 11) is -3.79. The Labute approximate surface area is 244 Å². The SMILES string of the molecule is Cc1ccc(N(CC(=O)N(Cc2ccccc2)[C@@H](Cc2ccccc2)C(=O)NC2CCCCC2)S(C)(=O)=O)cc1C. The summed E-state index contributed by atoms with van der Waals surface area (Å²) in [6.45, 7) is 3.64. The van der Waals surface area contributed by atoms with Gasteiger partial charge in [0.2, 0.25) is 21.8 Å². The van der Waals surface area contributed by atoms with Crippen LogP contribution in [0, 0.1) is 13.8 Å². The number of nitrogens with zero attached hydrogens (tertiary/aromatic N) is 2. The molecule has 1 atom stereocenters. The summed E-state index contributed by atoms with van der Waals surface area (Å²) in [5.41, 5.74) is 4.17. The monoisotopic (exact) mass is 575 g/mol. The molecule has 3 aromatic rings. The number of rotatable bonds is 11. The van der Waals surface area contributed by atoms with E-state index in [1.54, 1.807) is 17.0 Å². The minimum absolute atomic E-state index is 0.0752. The molecule has 3 aromatic carbocycles. The van der Waals surface area contributed by atoms with E-state index in [-0.39, 0.29) is 18.5 Å². The van der Waals surface area contributed by atoms with Crippen LogP contribution in [0.1, 0.15) is 54.4 Å². The van der Waals surface area contributed by atoms with Crippen LogP contribution in [0.5, 0.6) is 0 Å². The quantitative estimate of drug-likeness (QED) is 0.342. The van der Waals surface area contributed by atoms with Gasteiger partial charge in [0.1, 0.15) is 12.6 Å². The smallest absolute Gasteiger partial charge is 0.244 e. The number of benzene rings is 3. The van der Waals surface area contributed by atoms with Crippen molar-refractivity contribution in [2.75, 3.05) is 17.1 Å². The van der Waals surface area contributed by atoms with Crippen molar-refractivity contribution in [1.82, 2.24) is 10.2 Å². The molecule has 1 fully saturated rings. The van der Waals surface area contributed by atoms with Crippen LogP contribution >= 0.6 is 0 Å². The molecule has 0 aromatic heterocycles. The fourth-order valence-electron chi connectivity index (χ4n) is 5.37. The summed E-state index contributed by atoms with van der Waals surface area (Å²) in [4.78, 5) is 29.7. The molecule has 4 rings (SSSR count). The third-order valence-corrected chi connectivity index (χ3v) is 9.02. The predicted octanol–water partition coefficient (Wildman–Crippen LogP) is 5.16. The molecule has 1 aliphatic rings. The molecule has 0 saturated heterocycles. The van der Waals surface area contributed by atoms with Gasteiger partial charge in [0.05, 0.1) is 11.9 Å². The van der Waals surface area contributed by atoms with Crippen LogP contribution < -0.4 is 9.62 Å². The van der Waals surface area contributed by atoms with E-state index in [9.17, 15) is 18.0 Å². The number of sulfonamides is 1. The Hall–Kier alpha value is -3.65. The summed E-state index contributed by atoms with van der Waals surface area (Å²) >= 11 is 0. The topological polar surface area (TPSA) is 86.8 Å². The van der Waals surface area contributed by atoms with Crippen LogP contribution in [0.4, 0.5) is 5.69 Å². The number of anilines is 1. The van der Waals surface area contributed by atoms with Crippen molar-refractivity contribution in [1.29, 1.82) is 0 Å². The predicted molar refractivity (Wildman–Crippen MR) is 164 cm³/mol. The van der Waals surface area contributed by atoms with E-state index in [4.69, 9.17) is 0 Å². The fourth-order valence-corrected chi connectivity index (χ4v) is 6.21. The lowest BCUT2D eigenvalue weighted by molar-refractivity contribution is -0.140. The van der Waals surface area contributed by atoms with Crippen molar-refractivity contribution < 1.29 is 18.0 Å². The second-order valence-corrected chi connectivity index (χ2v) is 13.0. The van der Waals surface area contributed by atoms with Crippen LogP contribution in [0.25, 0.3) is 0 Å². The van der Waals surface area contributed by atoms with Gasteiger partial charge in [0, 0.05) is 19.0 Å². The highest BCUT2D eigenvalue weighted by Crippen LogP contribution is 2.24. The largest absolute Gasteiger partial charge is 0.352 e. The van der Waals surface area contributed by atoms with E-state index in [1.165, 1.54) is 0 Å². The Morgan fingerprint density at radius 2 is 1.46 bits per heavy atom. The molecule has 0 unspecified atom stereocenters. The first kappa shape index (κ1) is 30.3. The fraction of sp³-hybridized carbons (Fsp3) is 0.394. The zero-order chi connectivity index (χ0) is 29.4. The Morgan fingerprint density at radius 3 is 2.05 bits per heavy atom. The summed E-state index contributed by atoms with van der Waals surface area (Å²) < 4.78 is 27.1. The first-order valence-corrected chi connectivity index (χ1v) is 16.2. The van der Waals surface area contributed by atoms with Crippen molar-refractivity contribution in [3.8, 4) is 0 Å². The molecule has 7 nitrogen and oxygen atoms in total. The Bertz CT molecular complexity index is 1420. The zero-order valence-electron chi connectivity index (χ0n) is 24.3. The van der Waals surface area contributed by atoms with Gasteiger partial charge in [-0.15, -0.1) is 0 Å². The van der Waals surface area contributed by atoms with E-state index in [1.807, 2.05) is 80.6 Å². The maximum atomic E-state index is 14.2. The minimum Gasteiger partial charge on any atom is -0.352 e. The number of hydrogen-bond donors (Lipinski definition) is 1. The highest BCUT2D eigenvalue weighted by Gasteiger charge is 2.34. The number of carbonyl (C=O) groups excluding carboxylic acids is 2. The Morgan fingerprint density at radius 1 is 0.854 bits per heavy atom. The van der Waals surface area contributed by atoms with E-state index < -0.39 is 28.5 Å². The summed E-state index contributed by atoms with van der Waals surface area (Å²) in [6.07, 6.45) is 6.57. The van der Waals surface area contributed by atoms with Gasteiger partial charge >= 0.3 is 0 Å². The Balaban J connectivity index is 1.71. The van der Waals surface area contributed by atoms with Crippen molar-refractivity contribution in [3.05, 3.63) is 101 Å².